The molecule has 1 aromatic rings. The standard InChI is InChI=1S/C14H21ClN2/c1-2-10-5-3-4-6-13(10)17-14-9-11(15)7-8-12(14)16/h7-10,13,17H,2-6,16H2,1H3. The summed E-state index contributed by atoms with van der Waals surface area (Å²) in [5.74, 6) is 0.766. The third-order valence-corrected chi connectivity index (χ3v) is 4.02. The average molecular weight is 253 g/mol. The molecule has 17 heavy (non-hydrogen) atoms. The van der Waals surface area contributed by atoms with Crippen LogP contribution in [0.3, 0.4) is 0 Å². The molecule has 2 nitrogen and oxygen atoms in total. The molecule has 3 N–H and O–H groups in total. The number of halogens is 1. The number of anilines is 2. The summed E-state index contributed by atoms with van der Waals surface area (Å²) in [7, 11) is 0. The van der Waals surface area contributed by atoms with Crippen LogP contribution >= 0.6 is 11.6 Å². The quantitative estimate of drug-likeness (QED) is 0.787. The molecule has 2 atom stereocenters. The molecule has 1 aromatic carbocycles. The van der Waals surface area contributed by atoms with Gasteiger partial charge >= 0.3 is 0 Å². The van der Waals surface area contributed by atoms with Crippen LogP contribution in [0.15, 0.2) is 18.2 Å². The van der Waals surface area contributed by atoms with Crippen LogP contribution in [-0.4, -0.2) is 6.04 Å². The van der Waals surface area contributed by atoms with Crippen molar-refractivity contribution in [2.24, 2.45) is 5.92 Å². The topological polar surface area (TPSA) is 38.0 Å². The van der Waals surface area contributed by atoms with Gasteiger partial charge in [-0.15, -0.1) is 0 Å². The van der Waals surface area contributed by atoms with Gasteiger partial charge in [-0.2, -0.15) is 0 Å². The SMILES string of the molecule is CCC1CCCCC1Nc1cc(Cl)ccc1N. The lowest BCUT2D eigenvalue weighted by atomic mass is 9.83. The molecule has 1 fully saturated rings. The zero-order valence-electron chi connectivity index (χ0n) is 10.4. The molecule has 0 aromatic heterocycles. The molecule has 0 heterocycles. The van der Waals surface area contributed by atoms with Gasteiger partial charge in [-0.3, -0.25) is 0 Å². The molecular weight excluding hydrogens is 232 g/mol. The fourth-order valence-electron chi connectivity index (χ4n) is 2.74. The zero-order chi connectivity index (χ0) is 12.3. The molecule has 1 saturated carbocycles. The Morgan fingerprint density at radius 3 is 2.88 bits per heavy atom. The van der Waals surface area contributed by atoms with Crippen molar-refractivity contribution < 1.29 is 0 Å². The summed E-state index contributed by atoms with van der Waals surface area (Å²) in [5.41, 5.74) is 7.75. The minimum absolute atomic E-state index is 0.550. The van der Waals surface area contributed by atoms with Crippen molar-refractivity contribution >= 4 is 23.0 Å². The van der Waals surface area contributed by atoms with E-state index in [1.54, 1.807) is 0 Å². The molecular formula is C14H21ClN2. The summed E-state index contributed by atoms with van der Waals surface area (Å²) in [6.45, 7) is 2.27. The predicted octanol–water partition coefficient (Wildman–Crippen LogP) is 4.30. The number of rotatable bonds is 3. The molecule has 3 heteroatoms. The highest BCUT2D eigenvalue weighted by Gasteiger charge is 2.23. The second-order valence-corrected chi connectivity index (χ2v) is 5.37. The molecule has 2 rings (SSSR count). The van der Waals surface area contributed by atoms with E-state index in [1.165, 1.54) is 32.1 Å². The normalized spacial score (nSPS) is 24.6. The van der Waals surface area contributed by atoms with Crippen LogP contribution in [0.1, 0.15) is 39.0 Å². The monoisotopic (exact) mass is 252 g/mol. The van der Waals surface area contributed by atoms with Gasteiger partial charge in [-0.05, 0) is 37.0 Å². The Labute approximate surface area is 109 Å². The molecule has 0 saturated heterocycles. The van der Waals surface area contributed by atoms with E-state index in [0.29, 0.717) is 6.04 Å². The molecule has 1 aliphatic rings. The van der Waals surface area contributed by atoms with Crippen molar-refractivity contribution in [2.45, 2.75) is 45.1 Å². The van der Waals surface area contributed by atoms with Crippen LogP contribution in [0.2, 0.25) is 5.02 Å². The highest BCUT2D eigenvalue weighted by Crippen LogP contribution is 2.31. The van der Waals surface area contributed by atoms with Crippen LogP contribution < -0.4 is 11.1 Å². The summed E-state index contributed by atoms with van der Waals surface area (Å²) in [5, 5.41) is 4.32. The highest BCUT2D eigenvalue weighted by molar-refractivity contribution is 6.31. The summed E-state index contributed by atoms with van der Waals surface area (Å²) < 4.78 is 0. The van der Waals surface area contributed by atoms with E-state index in [4.69, 9.17) is 17.3 Å². The summed E-state index contributed by atoms with van der Waals surface area (Å²) in [6, 6.07) is 6.18. The van der Waals surface area contributed by atoms with Gasteiger partial charge in [0.25, 0.3) is 0 Å². The largest absolute Gasteiger partial charge is 0.397 e. The smallest absolute Gasteiger partial charge is 0.0591 e. The lowest BCUT2D eigenvalue weighted by Gasteiger charge is -2.32. The van der Waals surface area contributed by atoms with E-state index in [2.05, 4.69) is 12.2 Å². The van der Waals surface area contributed by atoms with E-state index in [9.17, 15) is 0 Å². The maximum atomic E-state index is 6.01. The van der Waals surface area contributed by atoms with Gasteiger partial charge in [0.15, 0.2) is 0 Å². The number of nitrogens with one attached hydrogen (secondary N) is 1. The van der Waals surface area contributed by atoms with Gasteiger partial charge in [-0.25, -0.2) is 0 Å². The average Bonchev–Trinajstić information content (AvgIpc) is 2.34. The van der Waals surface area contributed by atoms with Crippen LogP contribution in [-0.2, 0) is 0 Å². The Morgan fingerprint density at radius 2 is 2.12 bits per heavy atom. The summed E-state index contributed by atoms with van der Waals surface area (Å²) >= 11 is 6.01. The second kappa shape index (κ2) is 5.63. The highest BCUT2D eigenvalue weighted by atomic mass is 35.5. The van der Waals surface area contributed by atoms with Crippen molar-refractivity contribution in [3.63, 3.8) is 0 Å². The molecule has 0 radical (unpaired) electrons. The Bertz CT molecular complexity index is 378. The van der Waals surface area contributed by atoms with Gasteiger partial charge in [0.1, 0.15) is 0 Å². The number of hydrogen-bond acceptors (Lipinski definition) is 2. The third kappa shape index (κ3) is 3.06. The summed E-state index contributed by atoms with van der Waals surface area (Å²) in [6.07, 6.45) is 6.48. The fourth-order valence-corrected chi connectivity index (χ4v) is 2.91. The van der Waals surface area contributed by atoms with Crippen molar-refractivity contribution in [2.75, 3.05) is 11.1 Å². The number of hydrogen-bond donors (Lipinski definition) is 2. The van der Waals surface area contributed by atoms with E-state index in [1.807, 2.05) is 18.2 Å². The summed E-state index contributed by atoms with van der Waals surface area (Å²) in [4.78, 5) is 0. The Balaban J connectivity index is 2.10. The van der Waals surface area contributed by atoms with Gasteiger partial charge in [0.2, 0.25) is 0 Å². The predicted molar refractivity (Wildman–Crippen MR) is 75.5 cm³/mol. The van der Waals surface area contributed by atoms with E-state index in [0.717, 1.165) is 22.3 Å². The van der Waals surface area contributed by atoms with Gasteiger partial charge < -0.3 is 11.1 Å². The Hall–Kier alpha value is -0.890. The fraction of sp³-hybridized carbons (Fsp3) is 0.571. The molecule has 0 amide bonds. The first-order valence-corrected chi connectivity index (χ1v) is 6.90. The Kier molecular flexibility index (Phi) is 4.16. The van der Waals surface area contributed by atoms with Crippen molar-refractivity contribution in [3.8, 4) is 0 Å². The second-order valence-electron chi connectivity index (χ2n) is 4.94. The van der Waals surface area contributed by atoms with Crippen LogP contribution in [0.4, 0.5) is 11.4 Å². The molecule has 1 aliphatic carbocycles. The van der Waals surface area contributed by atoms with E-state index in [-0.39, 0.29) is 0 Å². The molecule has 0 aliphatic heterocycles. The van der Waals surface area contributed by atoms with Crippen molar-refractivity contribution in [1.82, 2.24) is 0 Å². The maximum Gasteiger partial charge on any atom is 0.0591 e. The van der Waals surface area contributed by atoms with Gasteiger partial charge in [0, 0.05) is 11.1 Å². The van der Waals surface area contributed by atoms with Crippen molar-refractivity contribution in [1.29, 1.82) is 0 Å². The molecule has 94 valence electrons. The maximum absolute atomic E-state index is 6.01. The Morgan fingerprint density at radius 1 is 1.35 bits per heavy atom. The van der Waals surface area contributed by atoms with Crippen molar-refractivity contribution in [3.05, 3.63) is 23.2 Å². The van der Waals surface area contributed by atoms with Crippen LogP contribution in [0.5, 0.6) is 0 Å². The lowest BCUT2D eigenvalue weighted by Crippen LogP contribution is -2.32. The minimum atomic E-state index is 0.550. The zero-order valence-corrected chi connectivity index (χ0v) is 11.1. The number of nitrogens with two attached hydrogens (primary N) is 1. The van der Waals surface area contributed by atoms with Crippen LogP contribution in [0.25, 0.3) is 0 Å². The molecule has 2 unspecified atom stereocenters. The lowest BCUT2D eigenvalue weighted by molar-refractivity contribution is 0.317. The first kappa shape index (κ1) is 12.6. The van der Waals surface area contributed by atoms with E-state index >= 15 is 0 Å². The number of nitrogen functional groups attached to an aromatic ring is 1. The molecule has 0 bridgehead atoms. The van der Waals surface area contributed by atoms with Crippen LogP contribution in [0, 0.1) is 5.92 Å². The van der Waals surface area contributed by atoms with Gasteiger partial charge in [-0.1, -0.05) is 37.8 Å². The third-order valence-electron chi connectivity index (χ3n) is 3.79. The van der Waals surface area contributed by atoms with E-state index < -0.39 is 0 Å². The first-order chi connectivity index (χ1) is 8.20. The minimum Gasteiger partial charge on any atom is -0.397 e. The van der Waals surface area contributed by atoms with Gasteiger partial charge in [0.05, 0.1) is 11.4 Å². The number of benzene rings is 1. The molecule has 0 spiro atoms. The first-order valence-electron chi connectivity index (χ1n) is 6.52.